The standard InChI is InChI=1S/C9H9O/c10-9-5-3-8(4-6-9)7-1-2-7/h3-7H,1-2H2. The highest BCUT2D eigenvalue weighted by Crippen LogP contribution is 2.40. The van der Waals surface area contributed by atoms with Gasteiger partial charge >= 0.3 is 0 Å². The number of hydrogen-bond acceptors (Lipinski definition) is 0. The van der Waals surface area contributed by atoms with Crippen molar-refractivity contribution in [1.82, 2.24) is 0 Å². The zero-order valence-electron chi connectivity index (χ0n) is 5.71. The van der Waals surface area contributed by atoms with E-state index >= 15 is 0 Å². The first-order valence-electron chi connectivity index (χ1n) is 3.63. The summed E-state index contributed by atoms with van der Waals surface area (Å²) in [5, 5.41) is 10.7. The molecule has 1 aromatic rings. The van der Waals surface area contributed by atoms with Gasteiger partial charge < -0.3 is 0 Å². The molecule has 1 radical (unpaired) electrons. The minimum atomic E-state index is 0.115. The largest absolute Gasteiger partial charge is 0.290 e. The monoisotopic (exact) mass is 133 g/mol. The van der Waals surface area contributed by atoms with E-state index in [1.807, 2.05) is 12.1 Å². The first kappa shape index (κ1) is 5.78. The van der Waals surface area contributed by atoms with Crippen LogP contribution in [0.15, 0.2) is 24.3 Å². The predicted molar refractivity (Wildman–Crippen MR) is 38.5 cm³/mol. The van der Waals surface area contributed by atoms with Crippen LogP contribution >= 0.6 is 0 Å². The highest BCUT2D eigenvalue weighted by atomic mass is 16.3. The molecule has 51 valence electrons. The van der Waals surface area contributed by atoms with Gasteiger partial charge in [-0.1, -0.05) is 12.1 Å². The van der Waals surface area contributed by atoms with E-state index in [4.69, 9.17) is 0 Å². The molecule has 1 nitrogen and oxygen atoms in total. The Morgan fingerprint density at radius 2 is 1.70 bits per heavy atom. The number of hydrogen-bond donors (Lipinski definition) is 0. The summed E-state index contributed by atoms with van der Waals surface area (Å²) in [7, 11) is 0. The normalized spacial score (nSPS) is 17.2. The molecule has 1 fully saturated rings. The first-order valence-corrected chi connectivity index (χ1v) is 3.63. The average Bonchev–Trinajstić information content (AvgIpc) is 2.71. The lowest BCUT2D eigenvalue weighted by atomic mass is 10.1. The second kappa shape index (κ2) is 2.01. The average molecular weight is 133 g/mol. The lowest BCUT2D eigenvalue weighted by molar-refractivity contribution is 0.355. The van der Waals surface area contributed by atoms with E-state index in [1.165, 1.54) is 18.4 Å². The van der Waals surface area contributed by atoms with E-state index < -0.39 is 0 Å². The summed E-state index contributed by atoms with van der Waals surface area (Å²) in [5.41, 5.74) is 1.33. The van der Waals surface area contributed by atoms with Crippen LogP contribution < -0.4 is 0 Å². The van der Waals surface area contributed by atoms with Gasteiger partial charge in [0, 0.05) is 0 Å². The fourth-order valence-electron chi connectivity index (χ4n) is 1.16. The lowest BCUT2D eigenvalue weighted by Crippen LogP contribution is -1.74. The Morgan fingerprint density at radius 1 is 1.10 bits per heavy atom. The predicted octanol–water partition coefficient (Wildman–Crippen LogP) is 2.71. The minimum absolute atomic E-state index is 0.115. The molecule has 2 rings (SSSR count). The van der Waals surface area contributed by atoms with Gasteiger partial charge in [0.25, 0.3) is 0 Å². The molecule has 0 saturated heterocycles. The van der Waals surface area contributed by atoms with Gasteiger partial charge in [0.2, 0.25) is 0 Å². The van der Waals surface area contributed by atoms with E-state index in [0.29, 0.717) is 0 Å². The topological polar surface area (TPSA) is 19.9 Å². The Labute approximate surface area is 60.3 Å². The first-order chi connectivity index (χ1) is 4.86. The van der Waals surface area contributed by atoms with Gasteiger partial charge in [0.1, 0.15) is 0 Å². The second-order valence-electron chi connectivity index (χ2n) is 2.84. The van der Waals surface area contributed by atoms with E-state index in [2.05, 4.69) is 0 Å². The zero-order chi connectivity index (χ0) is 6.97. The summed E-state index contributed by atoms with van der Waals surface area (Å²) in [4.78, 5) is 0. The van der Waals surface area contributed by atoms with Crippen LogP contribution in [0.4, 0.5) is 0 Å². The molecule has 0 atom stereocenters. The molecule has 0 spiro atoms. The Bertz CT molecular complexity index is 221. The van der Waals surface area contributed by atoms with Gasteiger partial charge in [0.05, 0.1) is 0 Å². The molecule has 1 aromatic carbocycles. The molecule has 1 heteroatoms. The van der Waals surface area contributed by atoms with Crippen LogP contribution in [0.1, 0.15) is 24.3 Å². The third-order valence-corrected chi connectivity index (χ3v) is 1.93. The maximum Gasteiger partial charge on any atom is 0.178 e. The Hall–Kier alpha value is -0.980. The van der Waals surface area contributed by atoms with Crippen molar-refractivity contribution in [2.24, 2.45) is 0 Å². The molecule has 0 aromatic heterocycles. The van der Waals surface area contributed by atoms with Crippen molar-refractivity contribution < 1.29 is 5.11 Å². The molecule has 0 amide bonds. The minimum Gasteiger partial charge on any atom is -0.290 e. The molecule has 0 unspecified atom stereocenters. The van der Waals surface area contributed by atoms with E-state index in [1.54, 1.807) is 12.1 Å². The summed E-state index contributed by atoms with van der Waals surface area (Å²) >= 11 is 0. The molecule has 10 heavy (non-hydrogen) atoms. The van der Waals surface area contributed by atoms with Crippen LogP contribution in [0.5, 0.6) is 5.75 Å². The summed E-state index contributed by atoms with van der Waals surface area (Å²) in [6, 6.07) is 7.18. The highest BCUT2D eigenvalue weighted by Gasteiger charge is 2.22. The van der Waals surface area contributed by atoms with Crippen LogP contribution in [0.2, 0.25) is 0 Å². The summed E-state index contributed by atoms with van der Waals surface area (Å²) in [6.07, 6.45) is 2.61. The molecule has 0 bridgehead atoms. The molecule has 1 aliphatic rings. The van der Waals surface area contributed by atoms with Gasteiger partial charge in [-0.05, 0) is 36.5 Å². The molecular weight excluding hydrogens is 124 g/mol. The van der Waals surface area contributed by atoms with Crippen molar-refractivity contribution >= 4 is 0 Å². The zero-order valence-corrected chi connectivity index (χ0v) is 5.71. The van der Waals surface area contributed by atoms with E-state index in [9.17, 15) is 5.11 Å². The van der Waals surface area contributed by atoms with Gasteiger partial charge in [-0.3, -0.25) is 5.11 Å². The summed E-state index contributed by atoms with van der Waals surface area (Å²) in [5.74, 6) is 0.880. The SMILES string of the molecule is [O]c1ccc(C2CC2)cc1. The van der Waals surface area contributed by atoms with Crippen LogP contribution in [0.3, 0.4) is 0 Å². The molecule has 1 aliphatic carbocycles. The highest BCUT2D eigenvalue weighted by molar-refractivity contribution is 5.30. The third kappa shape index (κ3) is 0.991. The number of rotatable bonds is 1. The van der Waals surface area contributed by atoms with Gasteiger partial charge in [0.15, 0.2) is 5.75 Å². The van der Waals surface area contributed by atoms with Crippen molar-refractivity contribution in [2.45, 2.75) is 18.8 Å². The van der Waals surface area contributed by atoms with Gasteiger partial charge in [-0.15, -0.1) is 0 Å². The van der Waals surface area contributed by atoms with Crippen molar-refractivity contribution in [3.8, 4) is 5.75 Å². The fraction of sp³-hybridized carbons (Fsp3) is 0.333. The molecule has 0 aliphatic heterocycles. The van der Waals surface area contributed by atoms with Crippen molar-refractivity contribution in [3.63, 3.8) is 0 Å². The molecular formula is C9H9O. The maximum absolute atomic E-state index is 10.7. The van der Waals surface area contributed by atoms with E-state index in [-0.39, 0.29) is 5.75 Å². The van der Waals surface area contributed by atoms with Crippen molar-refractivity contribution in [3.05, 3.63) is 29.8 Å². The molecule has 0 heterocycles. The lowest BCUT2D eigenvalue weighted by Gasteiger charge is -1.93. The van der Waals surface area contributed by atoms with Gasteiger partial charge in [-0.25, -0.2) is 0 Å². The van der Waals surface area contributed by atoms with Crippen LogP contribution in [0, 0.1) is 0 Å². The smallest absolute Gasteiger partial charge is 0.178 e. The molecule has 0 N–H and O–H groups in total. The van der Waals surface area contributed by atoms with Crippen molar-refractivity contribution in [2.75, 3.05) is 0 Å². The Balaban J connectivity index is 2.28. The second-order valence-corrected chi connectivity index (χ2v) is 2.84. The van der Waals surface area contributed by atoms with Gasteiger partial charge in [-0.2, -0.15) is 0 Å². The van der Waals surface area contributed by atoms with Crippen LogP contribution in [-0.4, -0.2) is 0 Å². The van der Waals surface area contributed by atoms with Crippen molar-refractivity contribution in [1.29, 1.82) is 0 Å². The Morgan fingerprint density at radius 3 is 2.20 bits per heavy atom. The number of benzene rings is 1. The summed E-state index contributed by atoms with van der Waals surface area (Å²) in [6.45, 7) is 0. The van der Waals surface area contributed by atoms with E-state index in [0.717, 1.165) is 5.92 Å². The Kier molecular flexibility index (Phi) is 1.16. The fourth-order valence-corrected chi connectivity index (χ4v) is 1.16. The maximum atomic E-state index is 10.7. The quantitative estimate of drug-likeness (QED) is 0.561. The summed E-state index contributed by atoms with van der Waals surface area (Å²) < 4.78 is 0. The van der Waals surface area contributed by atoms with Crippen LogP contribution in [-0.2, 0) is 5.11 Å². The molecule has 1 saturated carbocycles. The third-order valence-electron chi connectivity index (χ3n) is 1.93. The van der Waals surface area contributed by atoms with Crippen LogP contribution in [0.25, 0.3) is 0 Å².